The Hall–Kier alpha value is -0.300. The number of methoxy groups -OCH3 is 1. The maximum absolute atomic E-state index is 5.27. The summed E-state index contributed by atoms with van der Waals surface area (Å²) in [6.07, 6.45) is 9.50. The van der Waals surface area contributed by atoms with Crippen LogP contribution in [0.5, 0.6) is 0 Å². The lowest BCUT2D eigenvalue weighted by Crippen LogP contribution is -2.40. The first-order valence-electron chi connectivity index (χ1n) is 8.00. The van der Waals surface area contributed by atoms with E-state index < -0.39 is 0 Å². The zero-order chi connectivity index (χ0) is 14.2. The Bertz CT molecular complexity index is 346. The fraction of sp³-hybridized carbons (Fsp3) is 0.812. The van der Waals surface area contributed by atoms with E-state index in [9.17, 15) is 0 Å². The van der Waals surface area contributed by atoms with Gasteiger partial charge in [0.1, 0.15) is 0 Å². The summed E-state index contributed by atoms with van der Waals surface area (Å²) in [6, 6.07) is 0. The molecule has 1 aliphatic carbocycles. The summed E-state index contributed by atoms with van der Waals surface area (Å²) in [5.74, 6) is 2.48. The third kappa shape index (κ3) is 6.14. The van der Waals surface area contributed by atoms with Gasteiger partial charge in [-0.2, -0.15) is 0 Å². The van der Waals surface area contributed by atoms with Crippen LogP contribution in [0.1, 0.15) is 32.6 Å². The summed E-state index contributed by atoms with van der Waals surface area (Å²) in [5, 5.41) is 3.44. The van der Waals surface area contributed by atoms with Crippen molar-refractivity contribution in [1.82, 2.24) is 10.2 Å². The monoisotopic (exact) mass is 407 g/mol. The average Bonchev–Trinajstić information content (AvgIpc) is 2.93. The second-order valence-electron chi connectivity index (χ2n) is 5.90. The Labute approximate surface area is 146 Å². The molecule has 0 aromatic heterocycles. The maximum atomic E-state index is 5.27. The molecule has 2 atom stereocenters. The van der Waals surface area contributed by atoms with Gasteiger partial charge in [0.05, 0.1) is 6.61 Å². The van der Waals surface area contributed by atoms with E-state index in [1.165, 1.54) is 25.7 Å². The van der Waals surface area contributed by atoms with E-state index in [-0.39, 0.29) is 24.0 Å². The number of nitrogens with zero attached hydrogens (tertiary/aromatic N) is 2. The lowest BCUT2D eigenvalue weighted by molar-refractivity contribution is 0.157. The number of hydrogen-bond donors (Lipinski definition) is 1. The Kier molecular flexibility index (Phi) is 9.31. The molecule has 1 aliphatic heterocycles. The number of hydrogen-bond acceptors (Lipinski definition) is 2. The van der Waals surface area contributed by atoms with E-state index in [0.29, 0.717) is 5.92 Å². The van der Waals surface area contributed by atoms with Gasteiger partial charge in [-0.3, -0.25) is 4.99 Å². The minimum absolute atomic E-state index is 0. The van der Waals surface area contributed by atoms with Crippen molar-refractivity contribution in [2.75, 3.05) is 39.9 Å². The van der Waals surface area contributed by atoms with Crippen molar-refractivity contribution in [2.24, 2.45) is 16.8 Å². The van der Waals surface area contributed by atoms with Crippen molar-refractivity contribution < 1.29 is 4.74 Å². The molecule has 1 saturated heterocycles. The molecule has 122 valence electrons. The Balaban J connectivity index is 0.00000220. The van der Waals surface area contributed by atoms with E-state index in [4.69, 9.17) is 9.73 Å². The normalized spacial score (nSPS) is 25.8. The van der Waals surface area contributed by atoms with Gasteiger partial charge in [0.25, 0.3) is 0 Å². The van der Waals surface area contributed by atoms with E-state index in [0.717, 1.165) is 44.7 Å². The fourth-order valence-electron chi connectivity index (χ4n) is 3.06. The molecule has 0 aromatic rings. The lowest BCUT2D eigenvalue weighted by atomic mass is 9.95. The third-order valence-corrected chi connectivity index (χ3v) is 4.20. The van der Waals surface area contributed by atoms with Crippen molar-refractivity contribution in [3.8, 4) is 0 Å². The van der Waals surface area contributed by atoms with Gasteiger partial charge in [0.2, 0.25) is 0 Å². The third-order valence-electron chi connectivity index (χ3n) is 4.20. The predicted octanol–water partition coefficient (Wildman–Crippen LogP) is 2.89. The fourth-order valence-corrected chi connectivity index (χ4v) is 3.06. The number of likely N-dealkylation sites (tertiary alicyclic amines) is 1. The van der Waals surface area contributed by atoms with Crippen LogP contribution in [0.4, 0.5) is 0 Å². The zero-order valence-corrected chi connectivity index (χ0v) is 15.7. The Morgan fingerprint density at radius 2 is 2.19 bits per heavy atom. The zero-order valence-electron chi connectivity index (χ0n) is 13.4. The van der Waals surface area contributed by atoms with Crippen LogP contribution in [0, 0.1) is 11.8 Å². The topological polar surface area (TPSA) is 36.9 Å². The summed E-state index contributed by atoms with van der Waals surface area (Å²) in [4.78, 5) is 7.27. The quantitative estimate of drug-likeness (QED) is 0.330. The molecular weight excluding hydrogens is 377 g/mol. The number of allylic oxidation sites excluding steroid dienone is 2. The molecule has 1 N–H and O–H groups in total. The minimum atomic E-state index is 0. The number of ether oxygens (including phenoxy) is 1. The second-order valence-corrected chi connectivity index (χ2v) is 5.90. The van der Waals surface area contributed by atoms with E-state index in [1.807, 2.05) is 0 Å². The van der Waals surface area contributed by atoms with Gasteiger partial charge in [0, 0.05) is 39.2 Å². The van der Waals surface area contributed by atoms with E-state index >= 15 is 0 Å². The van der Waals surface area contributed by atoms with Crippen LogP contribution in [0.15, 0.2) is 17.1 Å². The largest absolute Gasteiger partial charge is 0.384 e. The van der Waals surface area contributed by atoms with Crippen molar-refractivity contribution in [1.29, 1.82) is 0 Å². The molecule has 1 fully saturated rings. The lowest BCUT2D eigenvalue weighted by Gasteiger charge is -2.23. The summed E-state index contributed by atoms with van der Waals surface area (Å²) in [5.41, 5.74) is 0. The molecular formula is C16H30IN3O. The SMILES string of the molecule is CCNC(=NCC1CC=CCC1)N1CCC(COC)C1.I. The van der Waals surface area contributed by atoms with Crippen LogP contribution < -0.4 is 5.32 Å². The maximum Gasteiger partial charge on any atom is 0.193 e. The summed E-state index contributed by atoms with van der Waals surface area (Å²) < 4.78 is 5.27. The summed E-state index contributed by atoms with van der Waals surface area (Å²) >= 11 is 0. The molecule has 4 nitrogen and oxygen atoms in total. The van der Waals surface area contributed by atoms with Crippen molar-refractivity contribution in [3.05, 3.63) is 12.2 Å². The molecule has 1 heterocycles. The summed E-state index contributed by atoms with van der Waals surface area (Å²) in [7, 11) is 1.79. The predicted molar refractivity (Wildman–Crippen MR) is 99.4 cm³/mol. The van der Waals surface area contributed by atoms with Gasteiger partial charge in [-0.1, -0.05) is 12.2 Å². The molecule has 0 bridgehead atoms. The van der Waals surface area contributed by atoms with Crippen LogP contribution in [0.25, 0.3) is 0 Å². The highest BCUT2D eigenvalue weighted by Gasteiger charge is 2.24. The van der Waals surface area contributed by atoms with E-state index in [2.05, 4.69) is 29.3 Å². The Morgan fingerprint density at radius 1 is 1.33 bits per heavy atom. The van der Waals surface area contributed by atoms with E-state index in [1.54, 1.807) is 7.11 Å². The highest BCUT2D eigenvalue weighted by Crippen LogP contribution is 2.19. The molecule has 2 unspecified atom stereocenters. The van der Waals surface area contributed by atoms with Gasteiger partial charge in [0.15, 0.2) is 5.96 Å². The Morgan fingerprint density at radius 3 is 2.86 bits per heavy atom. The molecule has 0 saturated carbocycles. The highest BCUT2D eigenvalue weighted by atomic mass is 127. The molecule has 0 amide bonds. The molecule has 21 heavy (non-hydrogen) atoms. The van der Waals surface area contributed by atoms with Crippen LogP contribution in [0.2, 0.25) is 0 Å². The van der Waals surface area contributed by atoms with Crippen LogP contribution in [-0.2, 0) is 4.74 Å². The van der Waals surface area contributed by atoms with Crippen molar-refractivity contribution in [3.63, 3.8) is 0 Å². The number of nitrogens with one attached hydrogen (secondary N) is 1. The number of aliphatic imine (C=N–C) groups is 1. The first-order chi connectivity index (χ1) is 9.83. The smallest absolute Gasteiger partial charge is 0.193 e. The van der Waals surface area contributed by atoms with Crippen LogP contribution in [0.3, 0.4) is 0 Å². The number of halogens is 1. The molecule has 0 spiro atoms. The number of guanidine groups is 1. The minimum Gasteiger partial charge on any atom is -0.384 e. The standard InChI is InChI=1S/C16H29N3O.HI/c1-3-17-16(18-11-14-7-5-4-6-8-14)19-10-9-15(12-19)13-20-2;/h4-5,14-15H,3,6-13H2,1-2H3,(H,17,18);1H. The second kappa shape index (κ2) is 10.4. The van der Waals surface area contributed by atoms with Crippen molar-refractivity contribution in [2.45, 2.75) is 32.6 Å². The highest BCUT2D eigenvalue weighted by molar-refractivity contribution is 14.0. The first kappa shape index (κ1) is 18.7. The summed E-state index contributed by atoms with van der Waals surface area (Å²) in [6.45, 7) is 7.08. The van der Waals surface area contributed by atoms with Gasteiger partial charge < -0.3 is 15.0 Å². The molecule has 0 aromatic carbocycles. The van der Waals surface area contributed by atoms with Gasteiger partial charge in [-0.05, 0) is 38.5 Å². The van der Waals surface area contributed by atoms with Gasteiger partial charge >= 0.3 is 0 Å². The number of rotatable bonds is 5. The van der Waals surface area contributed by atoms with Gasteiger partial charge in [-0.15, -0.1) is 24.0 Å². The molecule has 0 radical (unpaired) electrons. The molecule has 2 rings (SSSR count). The van der Waals surface area contributed by atoms with Crippen LogP contribution >= 0.6 is 24.0 Å². The first-order valence-corrected chi connectivity index (χ1v) is 8.00. The van der Waals surface area contributed by atoms with Crippen LogP contribution in [-0.4, -0.2) is 50.8 Å². The van der Waals surface area contributed by atoms with Crippen molar-refractivity contribution >= 4 is 29.9 Å². The molecule has 5 heteroatoms. The van der Waals surface area contributed by atoms with Gasteiger partial charge in [-0.25, -0.2) is 0 Å². The average molecular weight is 407 g/mol. The molecule has 2 aliphatic rings.